The molecule has 0 unspecified atom stereocenters. The molecule has 1 aromatic heterocycles. The molecule has 0 saturated heterocycles. The summed E-state index contributed by atoms with van der Waals surface area (Å²) in [5.41, 5.74) is 2.62. The Hall–Kier alpha value is -2.50. The van der Waals surface area contributed by atoms with Crippen molar-refractivity contribution in [2.24, 2.45) is 0 Å². The van der Waals surface area contributed by atoms with Gasteiger partial charge in [-0.1, -0.05) is 6.07 Å². The van der Waals surface area contributed by atoms with Crippen molar-refractivity contribution in [3.05, 3.63) is 72.8 Å². The molecule has 0 N–H and O–H groups in total. The van der Waals surface area contributed by atoms with Gasteiger partial charge in [0.25, 0.3) is 5.91 Å². The van der Waals surface area contributed by atoms with E-state index in [0.717, 1.165) is 23.6 Å². The molecule has 1 amide bonds. The smallest absolute Gasteiger partial charge is 0.272 e. The first-order valence-electron chi connectivity index (χ1n) is 8.99. The highest BCUT2D eigenvalue weighted by Gasteiger charge is 2.29. The molecule has 2 aromatic rings. The zero-order chi connectivity index (χ0) is 18.8. The van der Waals surface area contributed by atoms with Gasteiger partial charge in [-0.2, -0.15) is 5.10 Å². The van der Waals surface area contributed by atoms with E-state index in [0.29, 0.717) is 36.8 Å². The molecule has 1 aromatic carbocycles. The Morgan fingerprint density at radius 1 is 1.04 bits per heavy atom. The van der Waals surface area contributed by atoms with Crippen LogP contribution in [0.5, 0.6) is 11.5 Å². The minimum atomic E-state index is 0.0343. The van der Waals surface area contributed by atoms with E-state index in [4.69, 9.17) is 9.47 Å². The van der Waals surface area contributed by atoms with Gasteiger partial charge in [0, 0.05) is 19.0 Å². The highest BCUT2D eigenvalue weighted by Crippen LogP contribution is 2.31. The van der Waals surface area contributed by atoms with Crippen LogP contribution in [0.3, 0.4) is 0 Å². The van der Waals surface area contributed by atoms with Crippen LogP contribution < -0.4 is 9.47 Å². The third kappa shape index (κ3) is 3.53. The van der Waals surface area contributed by atoms with Crippen molar-refractivity contribution in [2.75, 3.05) is 27.3 Å². The number of carbonyl (C=O) groups is 1. The SMILES string of the molecule is COc1ccc(CCN2CCn3nc([C]4[CH][CH][CH][CH]4)cc3C2=O)cc1OC. The number of hydrogen-bond acceptors (Lipinski definition) is 4. The maximum Gasteiger partial charge on any atom is 0.272 e. The summed E-state index contributed by atoms with van der Waals surface area (Å²) in [5.74, 6) is 2.49. The predicted octanol–water partition coefficient (Wildman–Crippen LogP) is 2.35. The molecule has 0 atom stereocenters. The normalized spacial score (nSPS) is 17.3. The average Bonchev–Trinajstić information content (AvgIpc) is 3.37. The molecule has 2 aliphatic rings. The summed E-state index contributed by atoms with van der Waals surface area (Å²) in [5, 5.41) is 4.58. The first kappa shape index (κ1) is 17.9. The van der Waals surface area contributed by atoms with E-state index >= 15 is 0 Å². The van der Waals surface area contributed by atoms with Gasteiger partial charge in [-0.3, -0.25) is 9.48 Å². The number of fused-ring (bicyclic) bond motifs is 1. The molecule has 1 saturated carbocycles. The number of carbonyl (C=O) groups excluding carboxylic acids is 1. The highest BCUT2D eigenvalue weighted by molar-refractivity contribution is 5.93. The second-order valence-corrected chi connectivity index (χ2v) is 6.54. The molecular formula is C21H22N3O3. The number of ether oxygens (including phenoxy) is 2. The van der Waals surface area contributed by atoms with Crippen LogP contribution in [0.15, 0.2) is 24.3 Å². The van der Waals surface area contributed by atoms with Crippen molar-refractivity contribution < 1.29 is 14.3 Å². The van der Waals surface area contributed by atoms with E-state index in [1.807, 2.05) is 59.5 Å². The van der Waals surface area contributed by atoms with Crippen molar-refractivity contribution >= 4 is 5.91 Å². The molecule has 0 bridgehead atoms. The average molecular weight is 364 g/mol. The van der Waals surface area contributed by atoms with E-state index < -0.39 is 0 Å². The summed E-state index contributed by atoms with van der Waals surface area (Å²) >= 11 is 0. The summed E-state index contributed by atoms with van der Waals surface area (Å²) in [6.07, 6.45) is 8.73. The van der Waals surface area contributed by atoms with Gasteiger partial charge in [-0.05, 0) is 55.9 Å². The molecular weight excluding hydrogens is 342 g/mol. The topological polar surface area (TPSA) is 56.6 Å². The number of benzene rings is 1. The van der Waals surface area contributed by atoms with Gasteiger partial charge in [0.15, 0.2) is 11.5 Å². The zero-order valence-corrected chi connectivity index (χ0v) is 15.5. The number of nitrogens with zero attached hydrogens (tertiary/aromatic N) is 3. The first-order valence-corrected chi connectivity index (χ1v) is 8.99. The lowest BCUT2D eigenvalue weighted by atomic mass is 10.0. The largest absolute Gasteiger partial charge is 0.493 e. The molecule has 0 spiro atoms. The van der Waals surface area contributed by atoms with Crippen molar-refractivity contribution in [3.63, 3.8) is 0 Å². The van der Waals surface area contributed by atoms with Crippen LogP contribution in [0.25, 0.3) is 0 Å². The molecule has 4 rings (SSSR count). The van der Waals surface area contributed by atoms with Crippen molar-refractivity contribution in [1.29, 1.82) is 0 Å². The fourth-order valence-electron chi connectivity index (χ4n) is 3.44. The zero-order valence-electron chi connectivity index (χ0n) is 15.5. The fraction of sp³-hybridized carbons (Fsp3) is 0.286. The van der Waals surface area contributed by atoms with Crippen molar-refractivity contribution in [3.8, 4) is 11.5 Å². The maximum absolute atomic E-state index is 12.9. The van der Waals surface area contributed by atoms with Crippen molar-refractivity contribution in [2.45, 2.75) is 13.0 Å². The van der Waals surface area contributed by atoms with Crippen LogP contribution in [-0.4, -0.2) is 47.9 Å². The molecule has 27 heavy (non-hydrogen) atoms. The second-order valence-electron chi connectivity index (χ2n) is 6.54. The molecule has 5 radical (unpaired) electrons. The molecule has 139 valence electrons. The van der Waals surface area contributed by atoms with E-state index in [9.17, 15) is 4.79 Å². The third-order valence-electron chi connectivity index (χ3n) is 4.94. The predicted molar refractivity (Wildman–Crippen MR) is 101 cm³/mol. The quantitative estimate of drug-likeness (QED) is 0.790. The second kappa shape index (κ2) is 7.62. The number of aromatic nitrogens is 2. The maximum atomic E-state index is 12.9. The fourth-order valence-corrected chi connectivity index (χ4v) is 3.44. The minimum absolute atomic E-state index is 0.0343. The van der Waals surface area contributed by atoms with E-state index in [-0.39, 0.29) is 5.91 Å². The van der Waals surface area contributed by atoms with E-state index in [2.05, 4.69) is 5.10 Å². The summed E-state index contributed by atoms with van der Waals surface area (Å²) < 4.78 is 12.4. The van der Waals surface area contributed by atoms with Gasteiger partial charge in [-0.15, -0.1) is 0 Å². The Morgan fingerprint density at radius 2 is 1.81 bits per heavy atom. The number of hydrogen-bond donors (Lipinski definition) is 0. The standard InChI is InChI=1S/C21H22N3O3/c1-26-19-8-7-15(13-20(19)27-2)9-10-23-11-12-24-18(21(23)25)14-17(22-24)16-5-3-4-6-16/h3-8,13-14H,9-12H2,1-2H3. The van der Waals surface area contributed by atoms with Crippen LogP contribution in [0.1, 0.15) is 21.7 Å². The van der Waals surface area contributed by atoms with Gasteiger partial charge in [0.2, 0.25) is 0 Å². The van der Waals surface area contributed by atoms with Crippen LogP contribution in [-0.2, 0) is 13.0 Å². The first-order chi connectivity index (χ1) is 13.2. The molecule has 1 fully saturated rings. The van der Waals surface area contributed by atoms with Gasteiger partial charge in [0.1, 0.15) is 5.69 Å². The summed E-state index contributed by atoms with van der Waals surface area (Å²) in [6.45, 7) is 2.04. The van der Waals surface area contributed by atoms with Crippen LogP contribution in [0.2, 0.25) is 0 Å². The van der Waals surface area contributed by atoms with E-state index in [1.54, 1.807) is 14.2 Å². The lowest BCUT2D eigenvalue weighted by Gasteiger charge is -2.27. The number of methoxy groups -OCH3 is 2. The number of rotatable bonds is 6. The summed E-state index contributed by atoms with van der Waals surface area (Å²) in [4.78, 5) is 14.8. The molecule has 2 heterocycles. The molecule has 1 aliphatic heterocycles. The number of amides is 1. The molecule has 6 heteroatoms. The van der Waals surface area contributed by atoms with Gasteiger partial charge >= 0.3 is 0 Å². The minimum Gasteiger partial charge on any atom is -0.493 e. The Bertz CT molecular complexity index is 824. The van der Waals surface area contributed by atoms with Gasteiger partial charge in [-0.25, -0.2) is 0 Å². The summed E-state index contributed by atoms with van der Waals surface area (Å²) in [6, 6.07) is 7.76. The third-order valence-corrected chi connectivity index (χ3v) is 4.94. The van der Waals surface area contributed by atoms with Gasteiger partial charge < -0.3 is 14.4 Å². The van der Waals surface area contributed by atoms with Crippen LogP contribution in [0, 0.1) is 31.6 Å². The highest BCUT2D eigenvalue weighted by atomic mass is 16.5. The lowest BCUT2D eigenvalue weighted by Crippen LogP contribution is -2.41. The van der Waals surface area contributed by atoms with E-state index in [1.165, 1.54) is 0 Å². The van der Waals surface area contributed by atoms with Crippen LogP contribution in [0.4, 0.5) is 0 Å². The molecule has 6 nitrogen and oxygen atoms in total. The lowest BCUT2D eigenvalue weighted by molar-refractivity contribution is 0.0700. The van der Waals surface area contributed by atoms with Crippen molar-refractivity contribution in [1.82, 2.24) is 14.7 Å². The molecule has 1 aliphatic carbocycles. The van der Waals surface area contributed by atoms with Crippen LogP contribution >= 0.6 is 0 Å². The Morgan fingerprint density at radius 3 is 2.56 bits per heavy atom. The summed E-state index contributed by atoms with van der Waals surface area (Å²) in [7, 11) is 3.25. The monoisotopic (exact) mass is 364 g/mol. The van der Waals surface area contributed by atoms with Gasteiger partial charge in [0.05, 0.1) is 26.5 Å². The Balaban J connectivity index is 1.43. The Kier molecular flexibility index (Phi) is 5.05. The Labute approximate surface area is 160 Å².